The van der Waals surface area contributed by atoms with Gasteiger partial charge in [0.2, 0.25) is 0 Å². The third-order valence-electron chi connectivity index (χ3n) is 5.55. The highest BCUT2D eigenvalue weighted by atomic mass is 16.4. The number of aliphatic carboxylic acids is 2. The predicted molar refractivity (Wildman–Crippen MR) is 124 cm³/mol. The van der Waals surface area contributed by atoms with E-state index < -0.39 is 17.4 Å². The largest absolute Gasteiger partial charge is 0.481 e. The van der Waals surface area contributed by atoms with Crippen molar-refractivity contribution < 1.29 is 24.9 Å². The van der Waals surface area contributed by atoms with Gasteiger partial charge in [-0.15, -0.1) is 0 Å². The average Bonchev–Trinajstić information content (AvgIpc) is 2.76. The van der Waals surface area contributed by atoms with Crippen molar-refractivity contribution in [3.63, 3.8) is 0 Å². The topological polar surface area (TPSA) is 94.8 Å². The fourth-order valence-corrected chi connectivity index (χ4v) is 3.51. The molecule has 2 rings (SSSR count). The van der Waals surface area contributed by atoms with Gasteiger partial charge in [-0.3, -0.25) is 4.79 Å². The highest BCUT2D eigenvalue weighted by molar-refractivity contribution is 5.90. The van der Waals surface area contributed by atoms with Crippen LogP contribution in [0.1, 0.15) is 76.7 Å². The summed E-state index contributed by atoms with van der Waals surface area (Å²) >= 11 is 0. The monoisotopic (exact) mass is 430 g/mol. The summed E-state index contributed by atoms with van der Waals surface area (Å²) in [7, 11) is 0. The second kappa shape index (κ2) is 15.4. The van der Waals surface area contributed by atoms with Crippen LogP contribution in [-0.2, 0) is 16.0 Å². The number of aliphatic hydroxyl groups is 1. The highest BCUT2D eigenvalue weighted by Gasteiger charge is 2.34. The Morgan fingerprint density at radius 3 is 1.94 bits per heavy atom. The van der Waals surface area contributed by atoms with Crippen molar-refractivity contribution in [1.29, 1.82) is 0 Å². The SMILES string of the molecule is CC1(C(=O)O)C=CC=C(C(=O)O)C1.OCCCCCCCCCCCc1ccccc1. The smallest absolute Gasteiger partial charge is 0.331 e. The molecule has 0 spiro atoms. The van der Waals surface area contributed by atoms with Crippen LogP contribution in [0.25, 0.3) is 0 Å². The molecule has 1 aromatic rings. The first-order valence-corrected chi connectivity index (χ1v) is 11.4. The van der Waals surface area contributed by atoms with Crippen LogP contribution >= 0.6 is 0 Å². The Bertz CT molecular complexity index is 708. The van der Waals surface area contributed by atoms with E-state index in [9.17, 15) is 9.59 Å². The minimum atomic E-state index is -1.08. The third kappa shape index (κ3) is 11.5. The molecule has 0 bridgehead atoms. The summed E-state index contributed by atoms with van der Waals surface area (Å²) in [6, 6.07) is 10.8. The van der Waals surface area contributed by atoms with Crippen molar-refractivity contribution in [2.24, 2.45) is 5.41 Å². The van der Waals surface area contributed by atoms with Gasteiger partial charge in [-0.25, -0.2) is 4.79 Å². The molecule has 1 aliphatic carbocycles. The molecule has 3 N–H and O–H groups in total. The molecule has 0 aromatic heterocycles. The highest BCUT2D eigenvalue weighted by Crippen LogP contribution is 2.31. The van der Waals surface area contributed by atoms with Crippen LogP contribution in [0.4, 0.5) is 0 Å². The summed E-state index contributed by atoms with van der Waals surface area (Å²) in [5.41, 5.74) is 0.525. The molecule has 1 atom stereocenters. The third-order valence-corrected chi connectivity index (χ3v) is 5.55. The maximum atomic E-state index is 10.8. The van der Waals surface area contributed by atoms with Gasteiger partial charge >= 0.3 is 11.9 Å². The molecule has 5 nitrogen and oxygen atoms in total. The van der Waals surface area contributed by atoms with E-state index in [2.05, 4.69) is 30.3 Å². The van der Waals surface area contributed by atoms with E-state index in [1.54, 1.807) is 0 Å². The molecule has 0 saturated heterocycles. The zero-order valence-corrected chi connectivity index (χ0v) is 18.8. The zero-order chi connectivity index (χ0) is 23.0. The number of hydrogen-bond acceptors (Lipinski definition) is 3. The maximum absolute atomic E-state index is 10.8. The van der Waals surface area contributed by atoms with Crippen LogP contribution in [-0.4, -0.2) is 33.9 Å². The molecule has 0 radical (unpaired) electrons. The normalized spacial score (nSPS) is 17.4. The van der Waals surface area contributed by atoms with Gasteiger partial charge in [0.25, 0.3) is 0 Å². The van der Waals surface area contributed by atoms with Gasteiger partial charge in [0.15, 0.2) is 0 Å². The number of aliphatic hydroxyl groups excluding tert-OH is 1. The number of aryl methyl sites for hydroxylation is 1. The van der Waals surface area contributed by atoms with Gasteiger partial charge in [0.05, 0.1) is 5.41 Å². The molecule has 5 heteroatoms. The average molecular weight is 431 g/mol. The van der Waals surface area contributed by atoms with E-state index >= 15 is 0 Å². The number of rotatable bonds is 13. The number of allylic oxidation sites excluding steroid dienone is 2. The molecule has 0 saturated carbocycles. The van der Waals surface area contributed by atoms with Gasteiger partial charge in [-0.2, -0.15) is 0 Å². The van der Waals surface area contributed by atoms with Gasteiger partial charge in [-0.1, -0.05) is 93.5 Å². The summed E-state index contributed by atoms with van der Waals surface area (Å²) in [5, 5.41) is 26.1. The Hall–Kier alpha value is -2.40. The van der Waals surface area contributed by atoms with Crippen molar-refractivity contribution in [1.82, 2.24) is 0 Å². The molecule has 1 aromatic carbocycles. The number of carbonyl (C=O) groups is 2. The van der Waals surface area contributed by atoms with E-state index in [0.717, 1.165) is 6.42 Å². The second-order valence-electron chi connectivity index (χ2n) is 8.40. The van der Waals surface area contributed by atoms with Crippen LogP contribution in [0.5, 0.6) is 0 Å². The van der Waals surface area contributed by atoms with Crippen LogP contribution < -0.4 is 0 Å². The maximum Gasteiger partial charge on any atom is 0.331 e. The molecule has 172 valence electrons. The fraction of sp³-hybridized carbons (Fsp3) is 0.538. The van der Waals surface area contributed by atoms with E-state index in [1.807, 2.05) is 0 Å². The van der Waals surface area contributed by atoms with Crippen molar-refractivity contribution >= 4 is 11.9 Å². The molecule has 1 unspecified atom stereocenters. The molecule has 0 aliphatic heterocycles. The van der Waals surface area contributed by atoms with Crippen LogP contribution in [0.15, 0.2) is 54.1 Å². The Kier molecular flexibility index (Phi) is 13.2. The summed E-state index contributed by atoms with van der Waals surface area (Å²) < 4.78 is 0. The predicted octanol–water partition coefficient (Wildman–Crippen LogP) is 5.78. The molecular weight excluding hydrogens is 392 g/mol. The van der Waals surface area contributed by atoms with Gasteiger partial charge in [0.1, 0.15) is 0 Å². The van der Waals surface area contributed by atoms with E-state index in [1.165, 1.54) is 88.5 Å². The lowest BCUT2D eigenvalue weighted by atomic mass is 9.80. The Balaban J connectivity index is 0.000000327. The molecule has 0 fully saturated rings. The first kappa shape index (κ1) is 26.6. The van der Waals surface area contributed by atoms with Gasteiger partial charge in [0, 0.05) is 12.2 Å². The van der Waals surface area contributed by atoms with Crippen molar-refractivity contribution in [2.45, 2.75) is 77.6 Å². The first-order valence-electron chi connectivity index (χ1n) is 11.4. The molecule has 31 heavy (non-hydrogen) atoms. The van der Waals surface area contributed by atoms with E-state index in [0.29, 0.717) is 6.61 Å². The molecular formula is C26H38O5. The molecule has 0 amide bonds. The summed E-state index contributed by atoms with van der Waals surface area (Å²) in [5.74, 6) is -2.06. The summed E-state index contributed by atoms with van der Waals surface area (Å²) in [6.07, 6.45) is 17.3. The summed E-state index contributed by atoms with van der Waals surface area (Å²) in [6.45, 7) is 1.86. The van der Waals surface area contributed by atoms with Gasteiger partial charge in [-0.05, 0) is 38.2 Å². The quantitative estimate of drug-likeness (QED) is 0.345. The van der Waals surface area contributed by atoms with E-state index in [-0.39, 0.29) is 12.0 Å². The lowest BCUT2D eigenvalue weighted by Crippen LogP contribution is -2.28. The van der Waals surface area contributed by atoms with Crippen LogP contribution in [0.3, 0.4) is 0 Å². The Labute approximate surface area is 186 Å². The first-order chi connectivity index (χ1) is 14.9. The number of hydrogen-bond donors (Lipinski definition) is 3. The molecule has 1 aliphatic rings. The minimum Gasteiger partial charge on any atom is -0.481 e. The lowest BCUT2D eigenvalue weighted by Gasteiger charge is -2.23. The Morgan fingerprint density at radius 1 is 0.871 bits per heavy atom. The summed E-state index contributed by atoms with van der Waals surface area (Å²) in [4.78, 5) is 21.3. The number of carboxylic acid groups (broad SMARTS) is 2. The number of benzene rings is 1. The van der Waals surface area contributed by atoms with Crippen molar-refractivity contribution in [3.8, 4) is 0 Å². The second-order valence-corrected chi connectivity index (χ2v) is 8.40. The van der Waals surface area contributed by atoms with Crippen molar-refractivity contribution in [2.75, 3.05) is 6.61 Å². The van der Waals surface area contributed by atoms with Crippen molar-refractivity contribution in [3.05, 3.63) is 59.7 Å². The van der Waals surface area contributed by atoms with E-state index in [4.69, 9.17) is 15.3 Å². The molecule has 0 heterocycles. The van der Waals surface area contributed by atoms with Crippen LogP contribution in [0.2, 0.25) is 0 Å². The number of carboxylic acids is 2. The van der Waals surface area contributed by atoms with Crippen LogP contribution in [0, 0.1) is 5.41 Å². The minimum absolute atomic E-state index is 0.0359. The lowest BCUT2D eigenvalue weighted by molar-refractivity contribution is -0.145. The number of unbranched alkanes of at least 4 members (excludes halogenated alkanes) is 8. The fourth-order valence-electron chi connectivity index (χ4n) is 3.51. The zero-order valence-electron chi connectivity index (χ0n) is 18.8. The standard InChI is InChI=1S/C17H28O.C9H10O4/c18-16-12-7-5-3-1-2-4-6-9-13-17-14-10-8-11-15-17;1-9(8(12)13)4-2-3-6(5-9)7(10)11/h8,10-11,14-15,18H,1-7,9,12-13,16H2;2-4H,5H2,1H3,(H,10,11)(H,12,13). The Morgan fingerprint density at radius 2 is 1.42 bits per heavy atom. The van der Waals surface area contributed by atoms with Gasteiger partial charge < -0.3 is 15.3 Å².